The zero-order valence-electron chi connectivity index (χ0n) is 23.7. The molecule has 0 aliphatic carbocycles. The van der Waals surface area contributed by atoms with E-state index in [-0.39, 0.29) is 29.0 Å². The van der Waals surface area contributed by atoms with Crippen LogP contribution in [0.3, 0.4) is 0 Å². The van der Waals surface area contributed by atoms with Crippen molar-refractivity contribution in [3.63, 3.8) is 0 Å². The third-order valence-corrected chi connectivity index (χ3v) is 9.80. The topological polar surface area (TPSA) is 98.8 Å². The first-order valence-corrected chi connectivity index (χ1v) is 16.2. The maximum Gasteiger partial charge on any atom is 0.322 e. The van der Waals surface area contributed by atoms with Crippen LogP contribution in [0.25, 0.3) is 0 Å². The minimum absolute atomic E-state index is 0.214. The number of thiol groups is 1. The van der Waals surface area contributed by atoms with E-state index >= 15 is 0 Å². The minimum atomic E-state index is -3.65. The highest BCUT2D eigenvalue weighted by atomic mass is 32.2. The Hall–Kier alpha value is -3.76. The molecule has 0 saturated heterocycles. The van der Waals surface area contributed by atoms with Gasteiger partial charge in [0, 0.05) is 50.2 Å². The normalized spacial score (nSPS) is 15.5. The summed E-state index contributed by atoms with van der Waals surface area (Å²) in [5.41, 5.74) is 1.96. The number of rotatable bonds is 12. The summed E-state index contributed by atoms with van der Waals surface area (Å²) in [6.07, 6.45) is 4.88. The molecule has 3 atom stereocenters. The number of amides is 3. The molecular weight excluding hydrogens is 569 g/mol. The van der Waals surface area contributed by atoms with Crippen LogP contribution in [0.1, 0.15) is 17.5 Å². The summed E-state index contributed by atoms with van der Waals surface area (Å²) in [6, 6.07) is 25.7. The summed E-state index contributed by atoms with van der Waals surface area (Å²) < 4.78 is 26.4. The molecule has 42 heavy (non-hydrogen) atoms. The van der Waals surface area contributed by atoms with E-state index in [1.807, 2.05) is 78.8 Å². The molecule has 1 aliphatic rings. The van der Waals surface area contributed by atoms with Crippen molar-refractivity contribution in [2.75, 3.05) is 25.9 Å². The molecule has 0 spiro atoms. The summed E-state index contributed by atoms with van der Waals surface area (Å²) in [5.74, 6) is -0.638. The number of hydrogen-bond donors (Lipinski definition) is 3. The maximum absolute atomic E-state index is 13.8. The average Bonchev–Trinajstić information content (AvgIpc) is 3.00. The Bertz CT molecular complexity index is 1440. The number of benzene rings is 3. The number of nitrogens with one attached hydrogen (secondary N) is 2. The van der Waals surface area contributed by atoms with Crippen molar-refractivity contribution in [2.24, 2.45) is 0 Å². The molecule has 0 fully saturated rings. The van der Waals surface area contributed by atoms with Gasteiger partial charge in [0.25, 0.3) is 0 Å². The number of carbonyl (C=O) groups excluding carboxylic acids is 2. The Kier molecular flexibility index (Phi) is 11.1. The van der Waals surface area contributed by atoms with Crippen molar-refractivity contribution in [1.29, 1.82) is 0 Å². The monoisotopic (exact) mass is 606 g/mol. The second-order valence-electron chi connectivity index (χ2n) is 10.5. The number of hydrogen-bond acceptors (Lipinski definition) is 6. The van der Waals surface area contributed by atoms with Crippen molar-refractivity contribution >= 4 is 34.4 Å². The van der Waals surface area contributed by atoms with E-state index in [1.54, 1.807) is 41.4 Å². The smallest absolute Gasteiger partial charge is 0.322 e. The van der Waals surface area contributed by atoms with Gasteiger partial charge in [0.05, 0.1) is 10.6 Å². The van der Waals surface area contributed by atoms with Gasteiger partial charge in [-0.25, -0.2) is 13.2 Å². The molecule has 0 saturated carbocycles. The van der Waals surface area contributed by atoms with Crippen LogP contribution in [0.15, 0.2) is 108 Å². The number of sulfone groups is 1. The highest BCUT2D eigenvalue weighted by Crippen LogP contribution is 2.19. The van der Waals surface area contributed by atoms with Crippen LogP contribution in [0.2, 0.25) is 0 Å². The van der Waals surface area contributed by atoms with Crippen LogP contribution in [0.5, 0.6) is 0 Å². The van der Waals surface area contributed by atoms with E-state index in [0.717, 1.165) is 11.1 Å². The molecule has 4 rings (SSSR count). The van der Waals surface area contributed by atoms with Gasteiger partial charge in [0.2, 0.25) is 5.91 Å². The van der Waals surface area contributed by atoms with Crippen LogP contribution in [-0.4, -0.2) is 73.4 Å². The van der Waals surface area contributed by atoms with Gasteiger partial charge >= 0.3 is 6.03 Å². The highest BCUT2D eigenvalue weighted by molar-refractivity contribution is 7.92. The number of aryl methyl sites for hydroxylation is 1. The summed E-state index contributed by atoms with van der Waals surface area (Å²) in [4.78, 5) is 30.7. The molecule has 2 N–H and O–H groups in total. The van der Waals surface area contributed by atoms with Gasteiger partial charge in [0.15, 0.2) is 9.84 Å². The SMILES string of the molecule is CN1C=CN(C(=O)N[C@@H](Cc2ccccc2)C(=O)N[C@@H](CCc2ccccc2)[C@H](S)CS(=O)(=O)c2ccccc2)CC1. The largest absolute Gasteiger partial charge is 0.377 e. The van der Waals surface area contributed by atoms with E-state index < -0.39 is 27.2 Å². The Morgan fingerprint density at radius 2 is 1.43 bits per heavy atom. The second kappa shape index (κ2) is 14.9. The van der Waals surface area contributed by atoms with Crippen molar-refractivity contribution < 1.29 is 18.0 Å². The summed E-state index contributed by atoms with van der Waals surface area (Å²) in [7, 11) is -1.72. The molecule has 0 radical (unpaired) electrons. The molecule has 1 aliphatic heterocycles. The molecule has 8 nitrogen and oxygen atoms in total. The van der Waals surface area contributed by atoms with Crippen LogP contribution in [-0.2, 0) is 27.5 Å². The van der Waals surface area contributed by atoms with E-state index in [4.69, 9.17) is 12.6 Å². The summed E-state index contributed by atoms with van der Waals surface area (Å²) in [5, 5.41) is 5.28. The first-order valence-electron chi connectivity index (χ1n) is 14.0. The maximum atomic E-state index is 13.8. The fourth-order valence-electron chi connectivity index (χ4n) is 4.75. The molecule has 3 aromatic carbocycles. The van der Waals surface area contributed by atoms with Gasteiger partial charge in [0.1, 0.15) is 6.04 Å². The van der Waals surface area contributed by atoms with Gasteiger partial charge in [-0.3, -0.25) is 9.69 Å². The lowest BCUT2D eigenvalue weighted by molar-refractivity contribution is -0.123. The van der Waals surface area contributed by atoms with Gasteiger partial charge in [-0.2, -0.15) is 12.6 Å². The fourth-order valence-corrected chi connectivity index (χ4v) is 7.00. The number of nitrogens with zero attached hydrogens (tertiary/aromatic N) is 2. The lowest BCUT2D eigenvalue weighted by Gasteiger charge is -2.30. The lowest BCUT2D eigenvalue weighted by atomic mass is 10.0. The summed E-state index contributed by atoms with van der Waals surface area (Å²) >= 11 is 4.72. The highest BCUT2D eigenvalue weighted by Gasteiger charge is 2.30. The molecule has 0 unspecified atom stereocenters. The van der Waals surface area contributed by atoms with Crippen molar-refractivity contribution in [2.45, 2.75) is 41.5 Å². The minimum Gasteiger partial charge on any atom is -0.377 e. The van der Waals surface area contributed by atoms with Crippen molar-refractivity contribution in [3.8, 4) is 0 Å². The molecule has 10 heteroatoms. The Morgan fingerprint density at radius 1 is 0.833 bits per heavy atom. The number of carbonyl (C=O) groups is 2. The van der Waals surface area contributed by atoms with E-state index in [0.29, 0.717) is 25.9 Å². The van der Waals surface area contributed by atoms with Crippen molar-refractivity contribution in [3.05, 3.63) is 115 Å². The molecule has 1 heterocycles. The van der Waals surface area contributed by atoms with E-state index in [2.05, 4.69) is 10.6 Å². The zero-order chi connectivity index (χ0) is 30.0. The third kappa shape index (κ3) is 9.12. The second-order valence-corrected chi connectivity index (χ2v) is 13.2. The van der Waals surface area contributed by atoms with Gasteiger partial charge in [-0.05, 0) is 36.1 Å². The zero-order valence-corrected chi connectivity index (χ0v) is 25.4. The molecular formula is C32H38N4O4S2. The van der Waals surface area contributed by atoms with Crippen molar-refractivity contribution in [1.82, 2.24) is 20.4 Å². The van der Waals surface area contributed by atoms with Crippen LogP contribution in [0.4, 0.5) is 4.79 Å². The average molecular weight is 607 g/mol. The molecule has 222 valence electrons. The van der Waals surface area contributed by atoms with E-state index in [1.165, 1.54) is 0 Å². The van der Waals surface area contributed by atoms with Crippen LogP contribution >= 0.6 is 12.6 Å². The van der Waals surface area contributed by atoms with Crippen LogP contribution < -0.4 is 10.6 Å². The first kappa shape index (κ1) is 31.2. The summed E-state index contributed by atoms with van der Waals surface area (Å²) in [6.45, 7) is 1.17. The molecule has 0 aromatic heterocycles. The quantitative estimate of drug-likeness (QED) is 0.272. The van der Waals surface area contributed by atoms with Gasteiger partial charge in [-0.15, -0.1) is 0 Å². The Morgan fingerprint density at radius 3 is 2.02 bits per heavy atom. The predicted molar refractivity (Wildman–Crippen MR) is 169 cm³/mol. The number of likely N-dealkylation sites (N-methyl/N-ethyl adjacent to an activating group) is 1. The first-order chi connectivity index (χ1) is 20.2. The van der Waals surface area contributed by atoms with Gasteiger partial charge < -0.3 is 15.5 Å². The Balaban J connectivity index is 1.54. The molecule has 3 aromatic rings. The molecule has 3 amide bonds. The standard InChI is InChI=1S/C32H38N4O4S2/c1-35-19-21-36(22-20-35)32(38)34-29(23-26-13-7-3-8-14-26)31(37)33-28(18-17-25-11-5-2-6-12-25)30(41)24-42(39,40)27-15-9-4-10-16-27/h2-16,19,21,28-30,41H,17-18,20,22-24H2,1H3,(H,33,37)(H,34,38)/t28-,29-,30+/m0/s1. The van der Waals surface area contributed by atoms with Crippen LogP contribution in [0, 0.1) is 0 Å². The molecule has 0 bridgehead atoms. The van der Waals surface area contributed by atoms with Gasteiger partial charge in [-0.1, -0.05) is 78.9 Å². The Labute approximate surface area is 254 Å². The lowest BCUT2D eigenvalue weighted by Crippen LogP contribution is -2.55. The number of urea groups is 1. The fraction of sp³-hybridized carbons (Fsp3) is 0.312. The van der Waals surface area contributed by atoms with E-state index in [9.17, 15) is 18.0 Å². The third-order valence-electron chi connectivity index (χ3n) is 7.22. The predicted octanol–water partition coefficient (Wildman–Crippen LogP) is 3.92.